The number of nitrogens with one attached hydrogen (secondary N) is 2. The van der Waals surface area contributed by atoms with Crippen LogP contribution in [-0.4, -0.2) is 52.6 Å². The second-order valence-corrected chi connectivity index (χ2v) is 7.54. The summed E-state index contributed by atoms with van der Waals surface area (Å²) in [7, 11) is -1.13. The molecule has 0 amide bonds. The zero-order chi connectivity index (χ0) is 15.8. The fourth-order valence-electron chi connectivity index (χ4n) is 2.35. The number of benzene rings is 1. The van der Waals surface area contributed by atoms with Gasteiger partial charge in [-0.1, -0.05) is 18.2 Å². The van der Waals surface area contributed by atoms with Gasteiger partial charge < -0.3 is 15.4 Å². The topological polar surface area (TPSA) is 79.8 Å². The quantitative estimate of drug-likeness (QED) is 0.294. The summed E-state index contributed by atoms with van der Waals surface area (Å²) in [6.45, 7) is 1.78. The predicted molar refractivity (Wildman–Crippen MR) is 103 cm³/mol. The lowest BCUT2D eigenvalue weighted by Crippen LogP contribution is -2.41. The summed E-state index contributed by atoms with van der Waals surface area (Å²) in [6.07, 6.45) is 0.726. The van der Waals surface area contributed by atoms with Gasteiger partial charge in [-0.15, -0.1) is 24.0 Å². The lowest BCUT2D eigenvalue weighted by molar-refractivity contribution is 0.322. The highest BCUT2D eigenvalue weighted by molar-refractivity contribution is 14.0. The molecule has 6 nitrogen and oxygen atoms in total. The van der Waals surface area contributed by atoms with Crippen molar-refractivity contribution in [1.82, 2.24) is 10.6 Å². The minimum Gasteiger partial charge on any atom is -0.492 e. The van der Waals surface area contributed by atoms with Crippen LogP contribution in [0.5, 0.6) is 5.75 Å². The molecule has 0 aliphatic carbocycles. The molecule has 1 aliphatic heterocycles. The molecule has 2 N–H and O–H groups in total. The molecule has 1 saturated heterocycles. The average Bonchev–Trinajstić information content (AvgIpc) is 2.87. The van der Waals surface area contributed by atoms with Crippen molar-refractivity contribution in [3.8, 4) is 5.75 Å². The van der Waals surface area contributed by atoms with E-state index >= 15 is 0 Å². The monoisotopic (exact) mass is 453 g/mol. The first-order valence-corrected chi connectivity index (χ1v) is 9.24. The molecule has 1 aromatic rings. The highest BCUT2D eigenvalue weighted by atomic mass is 127. The van der Waals surface area contributed by atoms with Crippen LogP contribution in [-0.2, 0) is 9.84 Å². The Bertz CT molecular complexity index is 593. The van der Waals surface area contributed by atoms with Crippen LogP contribution < -0.4 is 15.4 Å². The number of para-hydroxylation sites is 1. The van der Waals surface area contributed by atoms with E-state index in [1.54, 1.807) is 7.05 Å². The number of sulfone groups is 1. The maximum absolute atomic E-state index is 11.4. The Morgan fingerprint density at radius 2 is 2.04 bits per heavy atom. The Balaban J connectivity index is 0.00000264. The van der Waals surface area contributed by atoms with E-state index in [1.807, 2.05) is 30.3 Å². The first-order valence-electron chi connectivity index (χ1n) is 7.42. The zero-order valence-corrected chi connectivity index (χ0v) is 16.3. The van der Waals surface area contributed by atoms with Crippen molar-refractivity contribution in [1.29, 1.82) is 0 Å². The molecule has 130 valence electrons. The molecule has 0 saturated carbocycles. The number of hydrogen-bond donors (Lipinski definition) is 2. The number of hydrogen-bond acceptors (Lipinski definition) is 4. The number of guanidine groups is 1. The number of nitrogens with zero attached hydrogens (tertiary/aromatic N) is 1. The summed E-state index contributed by atoms with van der Waals surface area (Å²) in [6, 6.07) is 9.62. The van der Waals surface area contributed by atoms with Gasteiger partial charge >= 0.3 is 0 Å². The Morgan fingerprint density at radius 1 is 1.30 bits per heavy atom. The highest BCUT2D eigenvalue weighted by Gasteiger charge is 2.27. The molecule has 0 bridgehead atoms. The van der Waals surface area contributed by atoms with E-state index in [-0.39, 0.29) is 35.6 Å². The van der Waals surface area contributed by atoms with Gasteiger partial charge in [0, 0.05) is 13.6 Å². The molecule has 1 aromatic carbocycles. The lowest BCUT2D eigenvalue weighted by atomic mass is 10.1. The number of rotatable bonds is 6. The van der Waals surface area contributed by atoms with E-state index in [9.17, 15) is 8.42 Å². The van der Waals surface area contributed by atoms with Gasteiger partial charge in [-0.05, 0) is 24.5 Å². The second kappa shape index (κ2) is 9.96. The van der Waals surface area contributed by atoms with Crippen LogP contribution in [0.25, 0.3) is 0 Å². The first-order chi connectivity index (χ1) is 10.6. The van der Waals surface area contributed by atoms with E-state index in [2.05, 4.69) is 15.6 Å². The molecule has 1 fully saturated rings. The standard InChI is InChI=1S/C15H23N3O3S.HI/c1-16-15(18-11-13-7-10-22(19,20)12-13)17-8-9-21-14-5-3-2-4-6-14;/h2-6,13H,7-12H2,1H3,(H2,16,17,18);1H. The lowest BCUT2D eigenvalue weighted by Gasteiger charge is -2.14. The molecule has 1 heterocycles. The maximum Gasteiger partial charge on any atom is 0.191 e. The normalized spacial score (nSPS) is 19.7. The summed E-state index contributed by atoms with van der Waals surface area (Å²) in [5, 5.41) is 6.32. The van der Waals surface area contributed by atoms with Crippen LogP contribution in [0, 0.1) is 5.92 Å². The van der Waals surface area contributed by atoms with Crippen molar-refractivity contribution < 1.29 is 13.2 Å². The zero-order valence-electron chi connectivity index (χ0n) is 13.2. The van der Waals surface area contributed by atoms with Gasteiger partial charge in [-0.25, -0.2) is 8.42 Å². The highest BCUT2D eigenvalue weighted by Crippen LogP contribution is 2.17. The molecule has 1 aliphatic rings. The molecule has 8 heteroatoms. The predicted octanol–water partition coefficient (Wildman–Crippen LogP) is 1.28. The van der Waals surface area contributed by atoms with E-state index in [1.165, 1.54) is 0 Å². The van der Waals surface area contributed by atoms with Gasteiger partial charge in [-0.2, -0.15) is 0 Å². The van der Waals surface area contributed by atoms with Gasteiger partial charge in [-0.3, -0.25) is 4.99 Å². The van der Waals surface area contributed by atoms with Gasteiger partial charge in [0.15, 0.2) is 15.8 Å². The van der Waals surface area contributed by atoms with E-state index < -0.39 is 9.84 Å². The summed E-state index contributed by atoms with van der Waals surface area (Å²) in [5.41, 5.74) is 0. The molecule has 1 unspecified atom stereocenters. The fourth-order valence-corrected chi connectivity index (χ4v) is 4.21. The van der Waals surface area contributed by atoms with E-state index in [0.29, 0.717) is 31.4 Å². The molecular weight excluding hydrogens is 429 g/mol. The van der Waals surface area contributed by atoms with Gasteiger partial charge in [0.1, 0.15) is 12.4 Å². The van der Waals surface area contributed by atoms with Crippen molar-refractivity contribution in [2.24, 2.45) is 10.9 Å². The summed E-state index contributed by atoms with van der Waals surface area (Å²) >= 11 is 0. The summed E-state index contributed by atoms with van der Waals surface area (Å²) in [5.74, 6) is 2.25. The van der Waals surface area contributed by atoms with Crippen molar-refractivity contribution in [3.05, 3.63) is 30.3 Å². The van der Waals surface area contributed by atoms with Crippen molar-refractivity contribution in [3.63, 3.8) is 0 Å². The number of ether oxygens (including phenoxy) is 1. The molecular formula is C15H24IN3O3S. The van der Waals surface area contributed by atoms with E-state index in [4.69, 9.17) is 4.74 Å². The minimum absolute atomic E-state index is 0. The molecule has 0 radical (unpaired) electrons. The van der Waals surface area contributed by atoms with Gasteiger partial charge in [0.2, 0.25) is 0 Å². The Kier molecular flexibility index (Phi) is 8.67. The Hall–Kier alpha value is -1.03. The molecule has 2 rings (SSSR count). The van der Waals surface area contributed by atoms with Crippen LogP contribution in [0.4, 0.5) is 0 Å². The fraction of sp³-hybridized carbons (Fsp3) is 0.533. The smallest absolute Gasteiger partial charge is 0.191 e. The molecule has 1 atom stereocenters. The summed E-state index contributed by atoms with van der Waals surface area (Å²) in [4.78, 5) is 4.12. The second-order valence-electron chi connectivity index (χ2n) is 5.31. The minimum atomic E-state index is -2.82. The Labute approximate surface area is 155 Å². The molecule has 23 heavy (non-hydrogen) atoms. The van der Waals surface area contributed by atoms with Crippen molar-refractivity contribution >= 4 is 39.8 Å². The van der Waals surface area contributed by atoms with Crippen LogP contribution in [0.2, 0.25) is 0 Å². The third-order valence-electron chi connectivity index (χ3n) is 3.51. The van der Waals surface area contributed by atoms with Gasteiger partial charge in [0.05, 0.1) is 18.1 Å². The van der Waals surface area contributed by atoms with Gasteiger partial charge in [0.25, 0.3) is 0 Å². The van der Waals surface area contributed by atoms with Crippen LogP contribution >= 0.6 is 24.0 Å². The van der Waals surface area contributed by atoms with Crippen LogP contribution in [0.1, 0.15) is 6.42 Å². The van der Waals surface area contributed by atoms with E-state index in [0.717, 1.165) is 12.2 Å². The third-order valence-corrected chi connectivity index (χ3v) is 5.35. The SMILES string of the molecule is CN=C(NCCOc1ccccc1)NCC1CCS(=O)(=O)C1.I. The largest absolute Gasteiger partial charge is 0.492 e. The Morgan fingerprint density at radius 3 is 2.65 bits per heavy atom. The molecule has 0 spiro atoms. The van der Waals surface area contributed by atoms with Crippen molar-refractivity contribution in [2.75, 3.05) is 38.2 Å². The van der Waals surface area contributed by atoms with Crippen LogP contribution in [0.15, 0.2) is 35.3 Å². The number of halogens is 1. The summed E-state index contributed by atoms with van der Waals surface area (Å²) < 4.78 is 28.4. The van der Waals surface area contributed by atoms with Crippen molar-refractivity contribution in [2.45, 2.75) is 6.42 Å². The average molecular weight is 453 g/mol. The van der Waals surface area contributed by atoms with Crippen LogP contribution in [0.3, 0.4) is 0 Å². The maximum atomic E-state index is 11.4. The first kappa shape index (κ1) is 20.0. The molecule has 0 aromatic heterocycles. The number of aliphatic imine (C=N–C) groups is 1. The third kappa shape index (κ3) is 7.38.